The van der Waals surface area contributed by atoms with Crippen LogP contribution in [-0.4, -0.2) is 38.8 Å². The third-order valence-corrected chi connectivity index (χ3v) is 4.30. The van der Waals surface area contributed by atoms with Gasteiger partial charge in [0, 0.05) is 19.0 Å². The van der Waals surface area contributed by atoms with Crippen molar-refractivity contribution in [2.45, 2.75) is 25.9 Å². The number of rotatable bonds is 3. The zero-order valence-electron chi connectivity index (χ0n) is 12.5. The highest BCUT2D eigenvalue weighted by molar-refractivity contribution is 5.33. The molecule has 0 radical (unpaired) electrons. The molecule has 0 saturated carbocycles. The Balaban J connectivity index is 2.39. The second kappa shape index (κ2) is 5.93. The molecule has 0 bridgehead atoms. The molecule has 3 heteroatoms. The zero-order chi connectivity index (χ0) is 13.9. The monoisotopic (exact) mass is 263 g/mol. The van der Waals surface area contributed by atoms with Crippen LogP contribution in [0.2, 0.25) is 0 Å². The van der Waals surface area contributed by atoms with Crippen LogP contribution >= 0.6 is 0 Å². The van der Waals surface area contributed by atoms with Gasteiger partial charge in [0.2, 0.25) is 0 Å². The van der Waals surface area contributed by atoms with Gasteiger partial charge in [0.05, 0.1) is 19.3 Å². The standard InChI is InChI=1S/C16H25NO2/c1-5-16(13(2)12-17(3)9-10-19-16)14-7-6-8-15(11-14)18-4/h6-8,11,13H,5,9-10,12H2,1-4H3. The van der Waals surface area contributed by atoms with E-state index in [1.54, 1.807) is 7.11 Å². The fraction of sp³-hybridized carbons (Fsp3) is 0.625. The minimum atomic E-state index is -0.195. The third kappa shape index (κ3) is 2.77. The van der Waals surface area contributed by atoms with E-state index in [-0.39, 0.29) is 5.60 Å². The lowest BCUT2D eigenvalue weighted by atomic mass is 9.79. The Kier molecular flexibility index (Phi) is 4.48. The molecule has 1 aliphatic heterocycles. The average Bonchev–Trinajstić information content (AvgIpc) is 2.57. The molecule has 2 unspecified atom stereocenters. The summed E-state index contributed by atoms with van der Waals surface area (Å²) in [6.45, 7) is 7.33. The molecule has 0 spiro atoms. The van der Waals surface area contributed by atoms with Gasteiger partial charge >= 0.3 is 0 Å². The summed E-state index contributed by atoms with van der Waals surface area (Å²) >= 11 is 0. The average molecular weight is 263 g/mol. The van der Waals surface area contributed by atoms with Gasteiger partial charge in [0.15, 0.2) is 0 Å². The van der Waals surface area contributed by atoms with E-state index < -0.39 is 0 Å². The Morgan fingerprint density at radius 1 is 1.47 bits per heavy atom. The molecular formula is C16H25NO2. The predicted octanol–water partition coefficient (Wildman–Crippen LogP) is 2.90. The first kappa shape index (κ1) is 14.4. The lowest BCUT2D eigenvalue weighted by Gasteiger charge is -2.37. The first-order valence-corrected chi connectivity index (χ1v) is 7.09. The summed E-state index contributed by atoms with van der Waals surface area (Å²) in [5.74, 6) is 1.36. The van der Waals surface area contributed by atoms with Crippen molar-refractivity contribution in [3.05, 3.63) is 29.8 Å². The Hall–Kier alpha value is -1.06. The number of likely N-dealkylation sites (N-methyl/N-ethyl adjacent to an activating group) is 1. The molecule has 1 aromatic rings. The molecule has 2 atom stereocenters. The molecule has 3 nitrogen and oxygen atoms in total. The lowest BCUT2D eigenvalue weighted by molar-refractivity contribution is -0.0768. The number of hydrogen-bond acceptors (Lipinski definition) is 3. The topological polar surface area (TPSA) is 21.7 Å². The first-order chi connectivity index (χ1) is 9.12. The maximum absolute atomic E-state index is 6.31. The predicted molar refractivity (Wildman–Crippen MR) is 77.6 cm³/mol. The van der Waals surface area contributed by atoms with Crippen LogP contribution in [0.3, 0.4) is 0 Å². The molecule has 19 heavy (non-hydrogen) atoms. The Bertz CT molecular complexity index is 421. The normalized spacial score (nSPS) is 28.9. The minimum absolute atomic E-state index is 0.195. The molecular weight excluding hydrogens is 238 g/mol. The molecule has 1 aliphatic rings. The summed E-state index contributed by atoms with van der Waals surface area (Å²) in [5, 5.41) is 0. The summed E-state index contributed by atoms with van der Waals surface area (Å²) in [6.07, 6.45) is 0.981. The van der Waals surface area contributed by atoms with Crippen molar-refractivity contribution < 1.29 is 9.47 Å². The molecule has 0 N–H and O–H groups in total. The van der Waals surface area contributed by atoms with Crippen LogP contribution in [0.1, 0.15) is 25.8 Å². The SMILES string of the molecule is CCC1(c2cccc(OC)c2)OCCN(C)CC1C. The van der Waals surface area contributed by atoms with Crippen molar-refractivity contribution in [3.8, 4) is 5.75 Å². The van der Waals surface area contributed by atoms with Crippen molar-refractivity contribution in [2.75, 3.05) is 33.9 Å². The van der Waals surface area contributed by atoms with Gasteiger partial charge in [-0.15, -0.1) is 0 Å². The second-order valence-electron chi connectivity index (χ2n) is 5.49. The number of nitrogens with zero attached hydrogens (tertiary/aromatic N) is 1. The highest BCUT2D eigenvalue weighted by Gasteiger charge is 2.39. The van der Waals surface area contributed by atoms with Gasteiger partial charge in [-0.2, -0.15) is 0 Å². The maximum Gasteiger partial charge on any atom is 0.119 e. The van der Waals surface area contributed by atoms with Gasteiger partial charge in [0.25, 0.3) is 0 Å². The fourth-order valence-electron chi connectivity index (χ4n) is 3.14. The minimum Gasteiger partial charge on any atom is -0.497 e. The van der Waals surface area contributed by atoms with Crippen molar-refractivity contribution >= 4 is 0 Å². The van der Waals surface area contributed by atoms with Crippen LogP contribution in [0.5, 0.6) is 5.75 Å². The molecule has 2 rings (SSSR count). The quantitative estimate of drug-likeness (QED) is 0.837. The third-order valence-electron chi connectivity index (χ3n) is 4.30. The van der Waals surface area contributed by atoms with Gasteiger partial charge in [0.1, 0.15) is 5.75 Å². The molecule has 1 fully saturated rings. The highest BCUT2D eigenvalue weighted by Crippen LogP contribution is 2.40. The smallest absolute Gasteiger partial charge is 0.119 e. The highest BCUT2D eigenvalue weighted by atomic mass is 16.5. The molecule has 0 aliphatic carbocycles. The van der Waals surface area contributed by atoms with Crippen LogP contribution in [0.15, 0.2) is 24.3 Å². The van der Waals surface area contributed by atoms with E-state index >= 15 is 0 Å². The molecule has 0 aromatic heterocycles. The molecule has 106 valence electrons. The lowest BCUT2D eigenvalue weighted by Crippen LogP contribution is -2.38. The van der Waals surface area contributed by atoms with Crippen molar-refractivity contribution in [1.82, 2.24) is 4.90 Å². The van der Waals surface area contributed by atoms with Crippen molar-refractivity contribution in [3.63, 3.8) is 0 Å². The number of methoxy groups -OCH3 is 1. The maximum atomic E-state index is 6.31. The Labute approximate surface area is 116 Å². The number of benzene rings is 1. The largest absolute Gasteiger partial charge is 0.497 e. The van der Waals surface area contributed by atoms with Crippen LogP contribution < -0.4 is 4.74 Å². The zero-order valence-corrected chi connectivity index (χ0v) is 12.5. The van der Waals surface area contributed by atoms with Gasteiger partial charge in [-0.1, -0.05) is 26.0 Å². The Morgan fingerprint density at radius 2 is 2.26 bits per heavy atom. The van der Waals surface area contributed by atoms with Crippen LogP contribution in [-0.2, 0) is 10.3 Å². The number of ether oxygens (including phenoxy) is 2. The summed E-state index contributed by atoms with van der Waals surface area (Å²) < 4.78 is 11.7. The van der Waals surface area contributed by atoms with Gasteiger partial charge in [-0.05, 0) is 31.2 Å². The summed E-state index contributed by atoms with van der Waals surface area (Å²) in [7, 11) is 3.88. The van der Waals surface area contributed by atoms with E-state index in [2.05, 4.69) is 44.0 Å². The molecule has 1 saturated heterocycles. The molecule has 0 amide bonds. The van der Waals surface area contributed by atoms with E-state index in [1.165, 1.54) is 5.56 Å². The van der Waals surface area contributed by atoms with Crippen molar-refractivity contribution in [2.24, 2.45) is 5.92 Å². The second-order valence-corrected chi connectivity index (χ2v) is 5.49. The van der Waals surface area contributed by atoms with Crippen molar-refractivity contribution in [1.29, 1.82) is 0 Å². The number of hydrogen-bond donors (Lipinski definition) is 0. The van der Waals surface area contributed by atoms with Crippen LogP contribution in [0, 0.1) is 5.92 Å². The van der Waals surface area contributed by atoms with E-state index in [0.717, 1.165) is 31.9 Å². The van der Waals surface area contributed by atoms with E-state index in [0.29, 0.717) is 5.92 Å². The summed E-state index contributed by atoms with van der Waals surface area (Å²) in [4.78, 5) is 2.35. The van der Waals surface area contributed by atoms with Gasteiger partial charge in [-0.25, -0.2) is 0 Å². The molecule has 1 heterocycles. The summed E-state index contributed by atoms with van der Waals surface area (Å²) in [6, 6.07) is 8.32. The van der Waals surface area contributed by atoms with Gasteiger partial charge < -0.3 is 14.4 Å². The molecule has 1 aromatic carbocycles. The Morgan fingerprint density at radius 3 is 2.95 bits per heavy atom. The van der Waals surface area contributed by atoms with E-state index in [4.69, 9.17) is 9.47 Å². The fourth-order valence-corrected chi connectivity index (χ4v) is 3.14. The van der Waals surface area contributed by atoms with E-state index in [1.807, 2.05) is 6.07 Å². The van der Waals surface area contributed by atoms with Crippen LogP contribution in [0.25, 0.3) is 0 Å². The first-order valence-electron chi connectivity index (χ1n) is 7.09. The van der Waals surface area contributed by atoms with Gasteiger partial charge in [-0.3, -0.25) is 0 Å². The van der Waals surface area contributed by atoms with E-state index in [9.17, 15) is 0 Å². The summed E-state index contributed by atoms with van der Waals surface area (Å²) in [5.41, 5.74) is 1.04. The van der Waals surface area contributed by atoms with Crippen LogP contribution in [0.4, 0.5) is 0 Å².